The Morgan fingerprint density at radius 2 is 1.94 bits per heavy atom. The number of methoxy groups -OCH3 is 1. The molecule has 0 spiro atoms. The van der Waals surface area contributed by atoms with Crippen LogP contribution in [0.2, 0.25) is 0 Å². The molecule has 1 N–H and O–H groups in total. The first-order valence-electron chi connectivity index (χ1n) is 11.7. The Morgan fingerprint density at radius 3 is 2.69 bits per heavy atom. The van der Waals surface area contributed by atoms with Gasteiger partial charge in [-0.05, 0) is 43.4 Å². The van der Waals surface area contributed by atoms with Gasteiger partial charge in [0.15, 0.2) is 5.82 Å². The Kier molecular flexibility index (Phi) is 7.39. The van der Waals surface area contributed by atoms with Gasteiger partial charge in [0.1, 0.15) is 12.1 Å². The highest BCUT2D eigenvalue weighted by Crippen LogP contribution is 2.28. The van der Waals surface area contributed by atoms with E-state index in [1.807, 2.05) is 29.2 Å². The summed E-state index contributed by atoms with van der Waals surface area (Å²) in [5.41, 5.74) is 1.15. The van der Waals surface area contributed by atoms with Crippen molar-refractivity contribution < 1.29 is 14.3 Å². The van der Waals surface area contributed by atoms with Crippen molar-refractivity contribution in [1.82, 2.24) is 25.0 Å². The van der Waals surface area contributed by atoms with Crippen molar-refractivity contribution in [3.8, 4) is 5.75 Å². The molecule has 1 saturated carbocycles. The van der Waals surface area contributed by atoms with E-state index >= 15 is 0 Å². The van der Waals surface area contributed by atoms with Gasteiger partial charge in [-0.15, -0.1) is 10.2 Å². The summed E-state index contributed by atoms with van der Waals surface area (Å²) in [6.07, 6.45) is 9.61. The summed E-state index contributed by atoms with van der Waals surface area (Å²) in [4.78, 5) is 27.1. The lowest BCUT2D eigenvalue weighted by molar-refractivity contribution is -0.138. The van der Waals surface area contributed by atoms with Crippen LogP contribution in [0.4, 0.5) is 0 Å². The largest absolute Gasteiger partial charge is 0.497 e. The number of rotatable bonds is 8. The minimum absolute atomic E-state index is 0.00913. The molecule has 2 aromatic rings. The second-order valence-electron chi connectivity index (χ2n) is 8.84. The summed E-state index contributed by atoms with van der Waals surface area (Å²) in [6, 6.07) is 8.32. The standard InChI is InChI=1S/C24H33N5O3/c1-32-21-10-7-18(8-11-21)13-14-28-16-19(9-12-23(28)30)24(31)25-15-22-27-26-17-29(22)20-5-3-2-4-6-20/h7-8,10-11,17,19-20H,2-6,9,12-16H2,1H3,(H,25,31)/t19-/m0/s1. The van der Waals surface area contributed by atoms with E-state index in [1.165, 1.54) is 19.3 Å². The van der Waals surface area contributed by atoms with Gasteiger partial charge in [0.05, 0.1) is 19.6 Å². The van der Waals surface area contributed by atoms with Gasteiger partial charge in [-0.2, -0.15) is 0 Å². The van der Waals surface area contributed by atoms with Crippen molar-refractivity contribution in [1.29, 1.82) is 0 Å². The number of piperidine rings is 1. The first kappa shape index (κ1) is 22.3. The van der Waals surface area contributed by atoms with Crippen molar-refractivity contribution >= 4 is 11.8 Å². The van der Waals surface area contributed by atoms with Gasteiger partial charge in [0, 0.05) is 25.6 Å². The molecule has 4 rings (SSSR count). The second-order valence-corrected chi connectivity index (χ2v) is 8.84. The summed E-state index contributed by atoms with van der Waals surface area (Å²) in [5.74, 6) is 1.56. The third-order valence-corrected chi connectivity index (χ3v) is 6.74. The van der Waals surface area contributed by atoms with E-state index in [9.17, 15) is 9.59 Å². The molecule has 8 heteroatoms. The van der Waals surface area contributed by atoms with Crippen LogP contribution in [-0.4, -0.2) is 51.7 Å². The molecule has 1 aliphatic carbocycles. The molecule has 0 unspecified atom stereocenters. The molecule has 1 aliphatic heterocycles. The molecule has 1 aromatic carbocycles. The number of benzene rings is 1. The van der Waals surface area contributed by atoms with Crippen molar-refractivity contribution in [3.63, 3.8) is 0 Å². The fourth-order valence-electron chi connectivity index (χ4n) is 4.77. The van der Waals surface area contributed by atoms with Crippen LogP contribution in [0.15, 0.2) is 30.6 Å². The Bertz CT molecular complexity index is 905. The molecule has 0 bridgehead atoms. The zero-order valence-electron chi connectivity index (χ0n) is 18.8. The number of likely N-dealkylation sites (tertiary alicyclic amines) is 1. The number of carbonyl (C=O) groups is 2. The molecule has 0 radical (unpaired) electrons. The number of hydrogen-bond acceptors (Lipinski definition) is 5. The zero-order chi connectivity index (χ0) is 22.3. The van der Waals surface area contributed by atoms with Crippen LogP contribution >= 0.6 is 0 Å². The fraction of sp³-hybridized carbons (Fsp3) is 0.583. The fourth-order valence-corrected chi connectivity index (χ4v) is 4.77. The Labute approximate surface area is 189 Å². The van der Waals surface area contributed by atoms with E-state index in [0.717, 1.165) is 36.4 Å². The molecule has 32 heavy (non-hydrogen) atoms. The molecular formula is C24H33N5O3. The third kappa shape index (κ3) is 5.47. The smallest absolute Gasteiger partial charge is 0.225 e. The summed E-state index contributed by atoms with van der Waals surface area (Å²) in [5, 5.41) is 11.4. The van der Waals surface area contributed by atoms with Crippen molar-refractivity contribution in [2.45, 2.75) is 64.0 Å². The normalized spacial score (nSPS) is 19.7. The Hall–Kier alpha value is -2.90. The van der Waals surface area contributed by atoms with Crippen LogP contribution in [0.1, 0.15) is 62.4 Å². The summed E-state index contributed by atoms with van der Waals surface area (Å²) >= 11 is 0. The SMILES string of the molecule is COc1ccc(CCN2C[C@@H](C(=O)NCc3nncn3C3CCCCC3)CCC2=O)cc1. The van der Waals surface area contributed by atoms with E-state index < -0.39 is 0 Å². The van der Waals surface area contributed by atoms with Crippen LogP contribution in [0, 0.1) is 5.92 Å². The summed E-state index contributed by atoms with van der Waals surface area (Å²) < 4.78 is 7.32. The van der Waals surface area contributed by atoms with Gasteiger partial charge in [-0.1, -0.05) is 31.4 Å². The molecule has 1 atom stereocenters. The maximum Gasteiger partial charge on any atom is 0.225 e. The number of carbonyl (C=O) groups excluding carboxylic acids is 2. The Balaban J connectivity index is 1.28. The Morgan fingerprint density at radius 1 is 1.16 bits per heavy atom. The summed E-state index contributed by atoms with van der Waals surface area (Å²) in [7, 11) is 1.65. The topological polar surface area (TPSA) is 89.3 Å². The number of hydrogen-bond donors (Lipinski definition) is 1. The molecule has 1 aromatic heterocycles. The van der Waals surface area contributed by atoms with E-state index in [-0.39, 0.29) is 17.7 Å². The number of ether oxygens (including phenoxy) is 1. The van der Waals surface area contributed by atoms with Gasteiger partial charge in [0.2, 0.25) is 11.8 Å². The third-order valence-electron chi connectivity index (χ3n) is 6.74. The molecule has 172 valence electrons. The lowest BCUT2D eigenvalue weighted by Crippen LogP contribution is -2.46. The van der Waals surface area contributed by atoms with Gasteiger partial charge < -0.3 is 19.5 Å². The van der Waals surface area contributed by atoms with Crippen LogP contribution < -0.4 is 10.1 Å². The molecule has 2 fully saturated rings. The molecule has 2 aliphatic rings. The molecule has 2 amide bonds. The predicted octanol–water partition coefficient (Wildman–Crippen LogP) is 2.89. The maximum atomic E-state index is 12.9. The number of nitrogens with zero attached hydrogens (tertiary/aromatic N) is 4. The van der Waals surface area contributed by atoms with Crippen molar-refractivity contribution in [2.24, 2.45) is 5.92 Å². The summed E-state index contributed by atoms with van der Waals surface area (Å²) in [6.45, 7) is 1.46. The van der Waals surface area contributed by atoms with Crippen LogP contribution in [0.5, 0.6) is 5.75 Å². The zero-order valence-corrected chi connectivity index (χ0v) is 18.8. The van der Waals surface area contributed by atoms with Crippen LogP contribution in [-0.2, 0) is 22.6 Å². The van der Waals surface area contributed by atoms with Gasteiger partial charge >= 0.3 is 0 Å². The number of nitrogens with one attached hydrogen (secondary N) is 1. The van der Waals surface area contributed by atoms with Crippen LogP contribution in [0.25, 0.3) is 0 Å². The first-order chi connectivity index (χ1) is 15.6. The van der Waals surface area contributed by atoms with E-state index in [2.05, 4.69) is 20.1 Å². The average molecular weight is 440 g/mol. The van der Waals surface area contributed by atoms with E-state index in [4.69, 9.17) is 4.74 Å². The minimum atomic E-state index is -0.186. The van der Waals surface area contributed by atoms with Crippen molar-refractivity contribution in [3.05, 3.63) is 42.0 Å². The van der Waals surface area contributed by atoms with Gasteiger partial charge in [-0.25, -0.2) is 0 Å². The second kappa shape index (κ2) is 10.6. The van der Waals surface area contributed by atoms with Crippen LogP contribution in [0.3, 0.4) is 0 Å². The van der Waals surface area contributed by atoms with Gasteiger partial charge in [-0.3, -0.25) is 9.59 Å². The highest BCUT2D eigenvalue weighted by Gasteiger charge is 2.30. The number of amides is 2. The quantitative estimate of drug-likeness (QED) is 0.683. The lowest BCUT2D eigenvalue weighted by atomic mass is 9.95. The predicted molar refractivity (Wildman–Crippen MR) is 120 cm³/mol. The van der Waals surface area contributed by atoms with E-state index in [0.29, 0.717) is 38.5 Å². The number of aromatic nitrogens is 3. The lowest BCUT2D eigenvalue weighted by Gasteiger charge is -2.32. The average Bonchev–Trinajstić information content (AvgIpc) is 3.31. The van der Waals surface area contributed by atoms with Gasteiger partial charge in [0.25, 0.3) is 0 Å². The maximum absolute atomic E-state index is 12.9. The van der Waals surface area contributed by atoms with Crippen molar-refractivity contribution in [2.75, 3.05) is 20.2 Å². The monoisotopic (exact) mass is 439 g/mol. The highest BCUT2D eigenvalue weighted by atomic mass is 16.5. The highest BCUT2D eigenvalue weighted by molar-refractivity contribution is 5.83. The van der Waals surface area contributed by atoms with E-state index in [1.54, 1.807) is 13.4 Å². The first-order valence-corrected chi connectivity index (χ1v) is 11.7. The molecule has 2 heterocycles. The molecule has 8 nitrogen and oxygen atoms in total. The molecule has 1 saturated heterocycles. The molecular weight excluding hydrogens is 406 g/mol. The minimum Gasteiger partial charge on any atom is -0.497 e.